The fraction of sp³-hybridized carbons (Fsp3) is 0.684. The molecule has 0 aromatic carbocycles. The molecule has 0 amide bonds. The number of ether oxygens (including phenoxy) is 1. The van der Waals surface area contributed by atoms with Crippen molar-refractivity contribution in [1.82, 2.24) is 4.98 Å². The molecule has 3 N–H and O–H groups in total. The minimum atomic E-state index is -0.294. The topological polar surface area (TPSA) is 111 Å². The minimum Gasteiger partial charge on any atom is -0.396 e. The summed E-state index contributed by atoms with van der Waals surface area (Å²) in [5.41, 5.74) is 0.691. The van der Waals surface area contributed by atoms with Crippen molar-refractivity contribution in [3.05, 3.63) is 23.5 Å². The largest absolute Gasteiger partial charge is 0.396 e. The SMILES string of the molecule is CC(N=C(ON)C(C)(C)C)C1=NN(c2c[n+](=O)cc[nH]2)C2C3CCC(CC12)O3. The first-order valence-corrected chi connectivity index (χ1v) is 9.86. The van der Waals surface area contributed by atoms with Crippen molar-refractivity contribution in [2.45, 2.75) is 71.2 Å². The number of nitrogens with two attached hydrogens (primary N) is 1. The summed E-state index contributed by atoms with van der Waals surface area (Å²) in [5.74, 6) is 6.85. The van der Waals surface area contributed by atoms with Crippen LogP contribution in [0.25, 0.3) is 0 Å². The molecule has 0 spiro atoms. The smallest absolute Gasteiger partial charge is 0.269 e. The molecule has 152 valence electrons. The molecule has 28 heavy (non-hydrogen) atoms. The van der Waals surface area contributed by atoms with Crippen LogP contribution in [0.3, 0.4) is 0 Å². The number of H-pyrrole nitrogens is 1. The summed E-state index contributed by atoms with van der Waals surface area (Å²) < 4.78 is 6.96. The fourth-order valence-electron chi connectivity index (χ4n) is 4.50. The van der Waals surface area contributed by atoms with E-state index in [1.807, 2.05) is 32.7 Å². The maximum atomic E-state index is 11.8. The van der Waals surface area contributed by atoms with E-state index in [4.69, 9.17) is 25.6 Å². The van der Waals surface area contributed by atoms with Gasteiger partial charge in [-0.1, -0.05) is 20.8 Å². The van der Waals surface area contributed by atoms with Crippen molar-refractivity contribution in [2.75, 3.05) is 5.01 Å². The first kappa shape index (κ1) is 19.1. The molecule has 2 saturated heterocycles. The first-order chi connectivity index (χ1) is 13.3. The van der Waals surface area contributed by atoms with Gasteiger partial charge in [-0.15, -0.1) is 0 Å². The average Bonchev–Trinajstić information content (AvgIpc) is 3.21. The van der Waals surface area contributed by atoms with E-state index < -0.39 is 0 Å². The Morgan fingerprint density at radius 1 is 1.50 bits per heavy atom. The summed E-state index contributed by atoms with van der Waals surface area (Å²) in [4.78, 5) is 24.8. The molecule has 9 heteroatoms. The number of hydrazone groups is 1. The van der Waals surface area contributed by atoms with E-state index in [1.54, 1.807) is 6.20 Å². The summed E-state index contributed by atoms with van der Waals surface area (Å²) in [6.07, 6.45) is 7.89. The Balaban J connectivity index is 1.72. The van der Waals surface area contributed by atoms with Gasteiger partial charge in [0, 0.05) is 16.2 Å². The van der Waals surface area contributed by atoms with Gasteiger partial charge in [0.05, 0.1) is 40.6 Å². The Hall–Kier alpha value is -2.26. The molecule has 9 nitrogen and oxygen atoms in total. The first-order valence-electron chi connectivity index (χ1n) is 9.86. The second-order valence-corrected chi connectivity index (χ2v) is 8.89. The molecule has 1 aromatic rings. The highest BCUT2D eigenvalue weighted by Crippen LogP contribution is 2.44. The highest BCUT2D eigenvalue weighted by atomic mass is 16.6. The van der Waals surface area contributed by atoms with Crippen LogP contribution in [0, 0.1) is 16.2 Å². The molecule has 5 atom stereocenters. The number of hydrogen-bond acceptors (Lipinski definition) is 7. The van der Waals surface area contributed by atoms with Crippen LogP contribution >= 0.6 is 0 Å². The van der Waals surface area contributed by atoms with Crippen molar-refractivity contribution < 1.29 is 14.0 Å². The molecular weight excluding hydrogens is 360 g/mol. The van der Waals surface area contributed by atoms with E-state index in [2.05, 4.69) is 4.98 Å². The van der Waals surface area contributed by atoms with Crippen LogP contribution in [-0.2, 0) is 9.57 Å². The molecule has 4 rings (SSSR count). The number of fused-ring (bicyclic) bond motifs is 4. The highest BCUT2D eigenvalue weighted by Gasteiger charge is 2.52. The van der Waals surface area contributed by atoms with Crippen LogP contribution in [-0.4, -0.2) is 40.9 Å². The van der Waals surface area contributed by atoms with Gasteiger partial charge in [0.1, 0.15) is 0 Å². The lowest BCUT2D eigenvalue weighted by Gasteiger charge is -2.36. The van der Waals surface area contributed by atoms with E-state index in [-0.39, 0.29) is 35.6 Å². The Labute approximate surface area is 164 Å². The molecule has 2 fully saturated rings. The fourth-order valence-corrected chi connectivity index (χ4v) is 4.50. The molecular formula is C19H29N6O3+. The number of hydrogen-bond donors (Lipinski definition) is 2. The molecule has 3 aliphatic rings. The third-order valence-corrected chi connectivity index (χ3v) is 5.78. The van der Waals surface area contributed by atoms with Crippen molar-refractivity contribution >= 4 is 17.4 Å². The summed E-state index contributed by atoms with van der Waals surface area (Å²) >= 11 is 0. The zero-order valence-corrected chi connectivity index (χ0v) is 16.8. The van der Waals surface area contributed by atoms with E-state index in [0.717, 1.165) is 29.4 Å². The summed E-state index contributed by atoms with van der Waals surface area (Å²) in [5, 5.41) is 6.82. The predicted molar refractivity (Wildman–Crippen MR) is 105 cm³/mol. The average molecular weight is 389 g/mol. The Bertz CT molecular complexity index is 858. The van der Waals surface area contributed by atoms with Crippen molar-refractivity contribution in [3.8, 4) is 0 Å². The van der Waals surface area contributed by atoms with Gasteiger partial charge in [0.25, 0.3) is 6.20 Å². The Morgan fingerprint density at radius 3 is 2.96 bits per heavy atom. The molecule has 0 aliphatic carbocycles. The Morgan fingerprint density at radius 2 is 2.29 bits per heavy atom. The quantitative estimate of drug-likeness (QED) is 0.354. The molecule has 1 aromatic heterocycles. The molecule has 0 radical (unpaired) electrons. The van der Waals surface area contributed by atoms with Gasteiger partial charge < -0.3 is 14.6 Å². The van der Waals surface area contributed by atoms with Crippen LogP contribution in [0.15, 0.2) is 28.7 Å². The number of nitrogens with one attached hydrogen (secondary N) is 1. The molecule has 0 saturated carbocycles. The van der Waals surface area contributed by atoms with E-state index in [9.17, 15) is 4.91 Å². The lowest BCUT2D eigenvalue weighted by Crippen LogP contribution is -2.48. The standard InChI is InChI=1S/C19H29N6O3/c1-11(22-18(28-20)19(2,3)4)16-13-9-12-5-6-14(27-12)17(13)25(23-16)15-10-24(26)8-7-21-15/h7-8,10-14,17H,5-6,9,20H2,1-4H3,(H,21,26)/q+1. The minimum absolute atomic E-state index is 0.0573. The van der Waals surface area contributed by atoms with Crippen LogP contribution in [0.5, 0.6) is 0 Å². The van der Waals surface area contributed by atoms with E-state index in [1.165, 1.54) is 12.4 Å². The number of aromatic amines is 1. The molecule has 4 heterocycles. The van der Waals surface area contributed by atoms with Crippen molar-refractivity contribution in [1.29, 1.82) is 0 Å². The van der Waals surface area contributed by atoms with Crippen LogP contribution < -0.4 is 15.3 Å². The van der Waals surface area contributed by atoms with Crippen LogP contribution in [0.4, 0.5) is 5.82 Å². The number of aromatic nitrogens is 2. The van der Waals surface area contributed by atoms with Crippen molar-refractivity contribution in [3.63, 3.8) is 0 Å². The lowest BCUT2D eigenvalue weighted by molar-refractivity contribution is -0.494. The second kappa shape index (κ2) is 6.97. The molecule has 5 unspecified atom stereocenters. The third kappa shape index (κ3) is 3.33. The number of anilines is 1. The predicted octanol–water partition coefficient (Wildman–Crippen LogP) is 1.76. The second-order valence-electron chi connectivity index (χ2n) is 8.89. The maximum absolute atomic E-state index is 11.8. The molecule has 3 aliphatic heterocycles. The van der Waals surface area contributed by atoms with Crippen LogP contribution in [0.2, 0.25) is 0 Å². The van der Waals surface area contributed by atoms with Gasteiger partial charge in [-0.25, -0.2) is 10.0 Å². The number of rotatable bonds is 3. The molecule has 2 bridgehead atoms. The highest BCUT2D eigenvalue weighted by molar-refractivity contribution is 5.97. The lowest BCUT2D eigenvalue weighted by atomic mass is 9.84. The Kier molecular flexibility index (Phi) is 4.75. The van der Waals surface area contributed by atoms with E-state index >= 15 is 0 Å². The monoisotopic (exact) mass is 389 g/mol. The number of nitrogens with zero attached hydrogens (tertiary/aromatic N) is 4. The van der Waals surface area contributed by atoms with Gasteiger partial charge in [0.2, 0.25) is 12.1 Å². The van der Waals surface area contributed by atoms with Crippen LogP contribution in [0.1, 0.15) is 47.0 Å². The summed E-state index contributed by atoms with van der Waals surface area (Å²) in [6.45, 7) is 8.05. The van der Waals surface area contributed by atoms with Gasteiger partial charge in [-0.05, 0) is 26.2 Å². The van der Waals surface area contributed by atoms with Gasteiger partial charge in [-0.2, -0.15) is 11.0 Å². The normalized spacial score (nSPS) is 30.8. The third-order valence-electron chi connectivity index (χ3n) is 5.78. The van der Waals surface area contributed by atoms with Gasteiger partial charge in [0.15, 0.2) is 5.82 Å². The zero-order valence-electron chi connectivity index (χ0n) is 16.8. The van der Waals surface area contributed by atoms with Crippen molar-refractivity contribution in [2.24, 2.45) is 27.3 Å². The summed E-state index contributed by atoms with van der Waals surface area (Å²) in [7, 11) is 0. The van der Waals surface area contributed by atoms with Gasteiger partial charge in [-0.3, -0.25) is 0 Å². The summed E-state index contributed by atoms with van der Waals surface area (Å²) in [6, 6.07) is -0.127. The van der Waals surface area contributed by atoms with E-state index in [0.29, 0.717) is 11.7 Å². The van der Waals surface area contributed by atoms with Gasteiger partial charge >= 0.3 is 0 Å². The maximum Gasteiger partial charge on any atom is 0.269 e. The number of aliphatic imine (C=N–C) groups is 1. The zero-order chi connectivity index (χ0) is 20.1.